The van der Waals surface area contributed by atoms with Crippen LogP contribution in [0.15, 0.2) is 22.8 Å². The number of hydrogen-bond donors (Lipinski definition) is 1. The lowest BCUT2D eigenvalue weighted by atomic mass is 10.0. The van der Waals surface area contributed by atoms with Crippen LogP contribution in [0.4, 0.5) is 0 Å². The first-order valence-electron chi connectivity index (χ1n) is 10.3. The van der Waals surface area contributed by atoms with Gasteiger partial charge in [0.2, 0.25) is 5.91 Å². The summed E-state index contributed by atoms with van der Waals surface area (Å²) in [6.07, 6.45) is 10.8. The van der Waals surface area contributed by atoms with Crippen molar-refractivity contribution in [3.63, 3.8) is 0 Å². The molecule has 1 saturated carbocycles. The maximum atomic E-state index is 12.8. The molecule has 2 aromatic rings. The highest BCUT2D eigenvalue weighted by Crippen LogP contribution is 2.31. The second-order valence-electron chi connectivity index (χ2n) is 8.42. The van der Waals surface area contributed by atoms with Crippen LogP contribution in [0.2, 0.25) is 0 Å². The van der Waals surface area contributed by atoms with Crippen LogP contribution in [0.25, 0.3) is 11.0 Å². The molecular weight excluding hydrogens is 324 g/mol. The molecule has 2 fully saturated rings. The molecule has 4 nitrogen and oxygen atoms in total. The Morgan fingerprint density at radius 2 is 1.88 bits per heavy atom. The van der Waals surface area contributed by atoms with Gasteiger partial charge in [-0.05, 0) is 80.7 Å². The van der Waals surface area contributed by atoms with Crippen LogP contribution in [0, 0.1) is 5.92 Å². The number of hydrogen-bond acceptors (Lipinski definition) is 3. The predicted octanol–water partition coefficient (Wildman–Crippen LogP) is 3.45. The fourth-order valence-electron chi connectivity index (χ4n) is 4.55. The normalized spacial score (nSPS) is 20.7. The zero-order chi connectivity index (χ0) is 17.5. The fraction of sp³-hybridized carbons (Fsp3) is 0.591. The van der Waals surface area contributed by atoms with Gasteiger partial charge in [-0.1, -0.05) is 0 Å². The molecule has 0 atom stereocenters. The van der Waals surface area contributed by atoms with Crippen LogP contribution in [-0.4, -0.2) is 36.5 Å². The number of piperidine rings is 1. The van der Waals surface area contributed by atoms with E-state index in [1.165, 1.54) is 36.9 Å². The second kappa shape index (κ2) is 6.73. The summed E-state index contributed by atoms with van der Waals surface area (Å²) in [5.74, 6) is 1.17. The monoisotopic (exact) mass is 352 g/mol. The van der Waals surface area contributed by atoms with Crippen LogP contribution in [0.1, 0.15) is 48.8 Å². The average molecular weight is 352 g/mol. The number of carbonyl (C=O) groups excluding carboxylic acids is 1. The minimum atomic E-state index is 0.244. The number of nitrogens with zero attached hydrogens (tertiary/aromatic N) is 1. The Hall–Kier alpha value is -1.81. The van der Waals surface area contributed by atoms with E-state index in [-0.39, 0.29) is 5.91 Å². The van der Waals surface area contributed by atoms with E-state index < -0.39 is 0 Å². The highest BCUT2D eigenvalue weighted by molar-refractivity contribution is 5.88. The van der Waals surface area contributed by atoms with Gasteiger partial charge in [-0.25, -0.2) is 0 Å². The smallest absolute Gasteiger partial charge is 0.227 e. The topological polar surface area (TPSA) is 45.5 Å². The Balaban J connectivity index is 1.21. The number of carbonyl (C=O) groups is 1. The molecule has 1 saturated heterocycles. The lowest BCUT2D eigenvalue weighted by Crippen LogP contribution is -2.45. The lowest BCUT2D eigenvalue weighted by Gasteiger charge is -2.32. The largest absolute Gasteiger partial charge is 0.464 e. The molecule has 5 rings (SSSR count). The quantitative estimate of drug-likeness (QED) is 0.896. The van der Waals surface area contributed by atoms with Crippen molar-refractivity contribution in [2.24, 2.45) is 5.92 Å². The minimum absolute atomic E-state index is 0.244. The van der Waals surface area contributed by atoms with E-state index in [1.807, 2.05) is 4.90 Å². The number of nitrogens with one attached hydrogen (secondary N) is 1. The van der Waals surface area contributed by atoms with Gasteiger partial charge in [-0.2, -0.15) is 0 Å². The first-order valence-corrected chi connectivity index (χ1v) is 10.3. The molecule has 3 aliphatic rings. The van der Waals surface area contributed by atoms with Gasteiger partial charge in [0.25, 0.3) is 0 Å². The van der Waals surface area contributed by atoms with E-state index in [1.54, 1.807) is 6.26 Å². The Morgan fingerprint density at radius 1 is 1.12 bits per heavy atom. The number of likely N-dealkylation sites (tertiary alicyclic amines) is 1. The Labute approximate surface area is 154 Å². The number of furan rings is 1. The third-order valence-corrected chi connectivity index (χ3v) is 6.45. The Kier molecular flexibility index (Phi) is 4.24. The van der Waals surface area contributed by atoms with Gasteiger partial charge in [0.05, 0.1) is 12.7 Å². The summed E-state index contributed by atoms with van der Waals surface area (Å²) >= 11 is 0. The van der Waals surface area contributed by atoms with E-state index in [9.17, 15) is 4.79 Å². The molecule has 1 amide bonds. The minimum Gasteiger partial charge on any atom is -0.464 e. The van der Waals surface area contributed by atoms with Crippen molar-refractivity contribution in [3.05, 3.63) is 35.1 Å². The van der Waals surface area contributed by atoms with Crippen molar-refractivity contribution in [2.75, 3.05) is 19.6 Å². The summed E-state index contributed by atoms with van der Waals surface area (Å²) in [4.78, 5) is 14.8. The molecule has 0 unspecified atom stereocenters. The van der Waals surface area contributed by atoms with E-state index in [2.05, 4.69) is 17.4 Å². The van der Waals surface area contributed by atoms with Gasteiger partial charge in [0.15, 0.2) is 0 Å². The Bertz CT molecular complexity index is 813. The summed E-state index contributed by atoms with van der Waals surface area (Å²) in [5, 5.41) is 4.82. The van der Waals surface area contributed by atoms with E-state index >= 15 is 0 Å². The van der Waals surface area contributed by atoms with Crippen LogP contribution >= 0.6 is 0 Å². The molecule has 2 aliphatic carbocycles. The number of aryl methyl sites for hydroxylation is 2. The molecule has 2 heterocycles. The number of benzene rings is 1. The van der Waals surface area contributed by atoms with Crippen molar-refractivity contribution in [1.29, 1.82) is 0 Å². The van der Waals surface area contributed by atoms with Crippen molar-refractivity contribution in [1.82, 2.24) is 10.2 Å². The SMILES string of the molecule is O=C(Cc1coc2cc3c(cc12)CCC3)N1CCC(NCC2CC2)CC1. The van der Waals surface area contributed by atoms with Gasteiger partial charge < -0.3 is 14.6 Å². The fourth-order valence-corrected chi connectivity index (χ4v) is 4.55. The van der Waals surface area contributed by atoms with Crippen LogP contribution in [0.3, 0.4) is 0 Å². The molecule has 138 valence electrons. The Morgan fingerprint density at radius 3 is 2.65 bits per heavy atom. The van der Waals surface area contributed by atoms with Crippen molar-refractivity contribution >= 4 is 16.9 Å². The zero-order valence-corrected chi connectivity index (χ0v) is 15.4. The van der Waals surface area contributed by atoms with Crippen molar-refractivity contribution in [3.8, 4) is 0 Å². The van der Waals surface area contributed by atoms with Gasteiger partial charge >= 0.3 is 0 Å². The molecule has 1 aliphatic heterocycles. The average Bonchev–Trinajstić information content (AvgIpc) is 3.26. The van der Waals surface area contributed by atoms with Crippen LogP contribution < -0.4 is 5.32 Å². The van der Waals surface area contributed by atoms with E-state index in [0.717, 1.165) is 61.2 Å². The van der Waals surface area contributed by atoms with Crippen LogP contribution in [-0.2, 0) is 24.1 Å². The third-order valence-electron chi connectivity index (χ3n) is 6.45. The molecule has 1 aromatic heterocycles. The lowest BCUT2D eigenvalue weighted by molar-refractivity contribution is -0.131. The summed E-state index contributed by atoms with van der Waals surface area (Å²) < 4.78 is 5.76. The second-order valence-corrected chi connectivity index (χ2v) is 8.42. The van der Waals surface area contributed by atoms with Crippen LogP contribution in [0.5, 0.6) is 0 Å². The molecular formula is C22H28N2O2. The maximum Gasteiger partial charge on any atom is 0.227 e. The standard InChI is InChI=1S/C22H28N2O2/c25-22(24-8-6-19(7-9-24)23-13-15-4-5-15)12-18-14-26-21-11-17-3-1-2-16(17)10-20(18)21/h10-11,14-15,19,23H,1-9,12-13H2. The molecule has 26 heavy (non-hydrogen) atoms. The van der Waals surface area contributed by atoms with Gasteiger partial charge in [0.1, 0.15) is 5.58 Å². The summed E-state index contributed by atoms with van der Waals surface area (Å²) in [6, 6.07) is 5.04. The summed E-state index contributed by atoms with van der Waals surface area (Å²) in [7, 11) is 0. The zero-order valence-electron chi connectivity index (χ0n) is 15.4. The molecule has 1 N–H and O–H groups in total. The van der Waals surface area contributed by atoms with Gasteiger partial charge in [0, 0.05) is 30.1 Å². The summed E-state index contributed by atoms with van der Waals surface area (Å²) in [6.45, 7) is 2.93. The molecule has 1 aromatic carbocycles. The van der Waals surface area contributed by atoms with E-state index in [0.29, 0.717) is 12.5 Å². The number of rotatable bonds is 5. The predicted molar refractivity (Wildman–Crippen MR) is 102 cm³/mol. The summed E-state index contributed by atoms with van der Waals surface area (Å²) in [5.41, 5.74) is 4.85. The van der Waals surface area contributed by atoms with E-state index in [4.69, 9.17) is 4.42 Å². The van der Waals surface area contributed by atoms with Gasteiger partial charge in [-0.15, -0.1) is 0 Å². The third kappa shape index (κ3) is 3.27. The maximum absolute atomic E-state index is 12.8. The first-order chi connectivity index (χ1) is 12.8. The number of amides is 1. The molecule has 4 heteroatoms. The first kappa shape index (κ1) is 16.4. The van der Waals surface area contributed by atoms with Crippen molar-refractivity contribution < 1.29 is 9.21 Å². The highest BCUT2D eigenvalue weighted by atomic mass is 16.3. The number of fused-ring (bicyclic) bond motifs is 2. The highest BCUT2D eigenvalue weighted by Gasteiger charge is 2.26. The van der Waals surface area contributed by atoms with Crippen molar-refractivity contribution in [2.45, 2.75) is 57.4 Å². The molecule has 0 spiro atoms. The van der Waals surface area contributed by atoms with Gasteiger partial charge in [-0.3, -0.25) is 4.79 Å². The molecule has 0 bridgehead atoms. The molecule has 0 radical (unpaired) electrons.